The maximum Gasteiger partial charge on any atom is 0.537 e. The maximum absolute atomic E-state index is 10.0. The Morgan fingerprint density at radius 1 is 1.06 bits per heavy atom. The van der Waals surface area contributed by atoms with E-state index in [2.05, 4.69) is 18.2 Å². The van der Waals surface area contributed by atoms with Gasteiger partial charge in [-0.05, 0) is 30.2 Å². The number of fused-ring (bicyclic) bond motifs is 1. The lowest BCUT2D eigenvalue weighted by molar-refractivity contribution is 0.395. The van der Waals surface area contributed by atoms with E-state index in [1.807, 2.05) is 36.4 Å². The van der Waals surface area contributed by atoms with Crippen LogP contribution in [0.2, 0.25) is 0 Å². The number of thioether (sulfide) groups is 1. The fourth-order valence-electron chi connectivity index (χ4n) is 2.08. The van der Waals surface area contributed by atoms with Crippen LogP contribution < -0.4 is 4.65 Å². The molecule has 18 heavy (non-hydrogen) atoms. The van der Waals surface area contributed by atoms with Crippen LogP contribution in [-0.2, 0) is 6.42 Å². The summed E-state index contributed by atoms with van der Waals surface area (Å²) in [5.41, 5.74) is 1.16. The van der Waals surface area contributed by atoms with Crippen molar-refractivity contribution in [1.82, 2.24) is 0 Å². The second kappa shape index (κ2) is 5.08. The number of rotatable bonds is 2. The van der Waals surface area contributed by atoms with E-state index >= 15 is 0 Å². The van der Waals surface area contributed by atoms with Crippen LogP contribution in [0.4, 0.5) is 0 Å². The third-order valence-corrected chi connectivity index (χ3v) is 4.24. The lowest BCUT2D eigenvalue weighted by Crippen LogP contribution is -2.40. The Balaban J connectivity index is 1.79. The van der Waals surface area contributed by atoms with E-state index in [1.54, 1.807) is 11.8 Å². The zero-order valence-electron chi connectivity index (χ0n) is 9.82. The number of hydrogen-bond donors (Lipinski definition) is 1. The number of hydrogen-bond acceptors (Lipinski definition) is 3. The van der Waals surface area contributed by atoms with Crippen LogP contribution in [0.5, 0.6) is 5.75 Å². The first kappa shape index (κ1) is 11.7. The second-order valence-corrected chi connectivity index (χ2v) is 5.60. The molecule has 0 bridgehead atoms. The van der Waals surface area contributed by atoms with Crippen LogP contribution in [0.15, 0.2) is 59.5 Å². The van der Waals surface area contributed by atoms with Crippen LogP contribution in [0.3, 0.4) is 0 Å². The first-order valence-electron chi connectivity index (χ1n) is 5.97. The summed E-state index contributed by atoms with van der Waals surface area (Å²) in [4.78, 5) is 1.16. The topological polar surface area (TPSA) is 29.5 Å². The van der Waals surface area contributed by atoms with Crippen molar-refractivity contribution in [2.24, 2.45) is 0 Å². The summed E-state index contributed by atoms with van der Waals surface area (Å²) in [6.45, 7) is 0. The molecule has 2 nitrogen and oxygen atoms in total. The van der Waals surface area contributed by atoms with E-state index in [0.29, 0.717) is 0 Å². The average Bonchev–Trinajstić information content (AvgIpc) is 2.41. The van der Waals surface area contributed by atoms with Crippen molar-refractivity contribution in [2.45, 2.75) is 16.5 Å². The van der Waals surface area contributed by atoms with E-state index in [-0.39, 0.29) is 5.15 Å². The Kier molecular flexibility index (Phi) is 3.30. The Labute approximate surface area is 111 Å². The van der Waals surface area contributed by atoms with E-state index in [1.165, 1.54) is 0 Å². The van der Waals surface area contributed by atoms with Crippen LogP contribution in [0.25, 0.3) is 0 Å². The van der Waals surface area contributed by atoms with Crippen molar-refractivity contribution < 1.29 is 9.68 Å². The van der Waals surface area contributed by atoms with Crippen LogP contribution in [0.1, 0.15) is 5.56 Å². The third kappa shape index (κ3) is 2.40. The molecule has 1 atom stereocenters. The van der Waals surface area contributed by atoms with Gasteiger partial charge in [0.1, 0.15) is 5.75 Å². The van der Waals surface area contributed by atoms with Gasteiger partial charge in [-0.15, -0.1) is 11.8 Å². The monoisotopic (exact) mass is 256 g/mol. The molecule has 2 aromatic rings. The fourth-order valence-corrected chi connectivity index (χ4v) is 3.18. The minimum absolute atomic E-state index is 0.0438. The van der Waals surface area contributed by atoms with Crippen molar-refractivity contribution >= 4 is 18.9 Å². The highest BCUT2D eigenvalue weighted by Crippen LogP contribution is 2.34. The summed E-state index contributed by atoms with van der Waals surface area (Å²) in [6, 6.07) is 18.0. The normalized spacial score (nSPS) is 18.1. The first-order valence-corrected chi connectivity index (χ1v) is 6.85. The molecule has 1 heterocycles. The SMILES string of the molecule is OB1Oc2ccccc2C[C@@H]1Sc1ccccc1. The van der Waals surface area contributed by atoms with Gasteiger partial charge in [-0.25, -0.2) is 0 Å². The predicted molar refractivity (Wildman–Crippen MR) is 74.8 cm³/mol. The summed E-state index contributed by atoms with van der Waals surface area (Å²) in [6.07, 6.45) is 0.830. The molecule has 1 aliphatic rings. The second-order valence-electron chi connectivity index (χ2n) is 4.29. The predicted octanol–water partition coefficient (Wildman–Crippen LogP) is 2.80. The number of para-hydroxylation sites is 1. The van der Waals surface area contributed by atoms with Crippen LogP contribution >= 0.6 is 11.8 Å². The van der Waals surface area contributed by atoms with Crippen molar-refractivity contribution in [3.05, 3.63) is 60.2 Å². The molecular formula is C14H13BO2S. The van der Waals surface area contributed by atoms with Gasteiger partial charge in [-0.3, -0.25) is 0 Å². The largest absolute Gasteiger partial charge is 0.537 e. The van der Waals surface area contributed by atoms with Gasteiger partial charge in [0.15, 0.2) is 0 Å². The highest BCUT2D eigenvalue weighted by molar-refractivity contribution is 8.01. The fraction of sp³-hybridized carbons (Fsp3) is 0.143. The van der Waals surface area contributed by atoms with Gasteiger partial charge in [0, 0.05) is 4.90 Å². The molecule has 0 aliphatic carbocycles. The van der Waals surface area contributed by atoms with Gasteiger partial charge in [0.05, 0.1) is 5.15 Å². The summed E-state index contributed by atoms with van der Waals surface area (Å²) in [7, 11) is -0.745. The Morgan fingerprint density at radius 2 is 1.78 bits per heavy atom. The molecule has 0 amide bonds. The quantitative estimate of drug-likeness (QED) is 0.838. The van der Waals surface area contributed by atoms with Crippen LogP contribution in [0, 0.1) is 0 Å². The van der Waals surface area contributed by atoms with Gasteiger partial charge in [-0.2, -0.15) is 0 Å². The lowest BCUT2D eigenvalue weighted by Gasteiger charge is -2.26. The van der Waals surface area contributed by atoms with Crippen molar-refractivity contribution in [1.29, 1.82) is 0 Å². The van der Waals surface area contributed by atoms with E-state index in [9.17, 15) is 5.02 Å². The first-order chi connectivity index (χ1) is 8.83. The van der Waals surface area contributed by atoms with E-state index < -0.39 is 7.12 Å². The molecule has 3 rings (SSSR count). The highest BCUT2D eigenvalue weighted by Gasteiger charge is 2.35. The molecule has 0 fully saturated rings. The van der Waals surface area contributed by atoms with Crippen LogP contribution in [-0.4, -0.2) is 17.3 Å². The molecule has 2 aromatic carbocycles. The van der Waals surface area contributed by atoms with Crippen molar-refractivity contribution in [2.75, 3.05) is 0 Å². The summed E-state index contributed by atoms with van der Waals surface area (Å²) in [5.74, 6) is 0.801. The van der Waals surface area contributed by atoms with E-state index in [4.69, 9.17) is 4.65 Å². The minimum Gasteiger partial charge on any atom is -0.535 e. The zero-order chi connectivity index (χ0) is 12.4. The van der Waals surface area contributed by atoms with Gasteiger partial charge in [-0.1, -0.05) is 36.4 Å². The molecule has 0 radical (unpaired) electrons. The van der Waals surface area contributed by atoms with Gasteiger partial charge in [0.25, 0.3) is 0 Å². The molecule has 4 heteroatoms. The van der Waals surface area contributed by atoms with Crippen molar-refractivity contribution in [3.63, 3.8) is 0 Å². The molecule has 0 saturated heterocycles. The molecule has 0 saturated carbocycles. The molecule has 90 valence electrons. The van der Waals surface area contributed by atoms with E-state index in [0.717, 1.165) is 22.6 Å². The minimum atomic E-state index is -0.745. The molecule has 1 N–H and O–H groups in total. The van der Waals surface area contributed by atoms with Gasteiger partial charge in [0.2, 0.25) is 0 Å². The molecule has 0 aromatic heterocycles. The molecule has 1 aliphatic heterocycles. The third-order valence-electron chi connectivity index (χ3n) is 2.99. The molecular weight excluding hydrogens is 243 g/mol. The summed E-state index contributed by atoms with van der Waals surface area (Å²) >= 11 is 1.66. The number of benzene rings is 2. The standard InChI is InChI=1S/C14H13BO2S/c16-15-14(18-12-7-2-1-3-8-12)10-11-6-4-5-9-13(11)17-15/h1-9,14,16H,10H2/t14-/m0/s1. The maximum atomic E-state index is 10.0. The zero-order valence-corrected chi connectivity index (χ0v) is 10.6. The Hall–Kier alpha value is -1.39. The molecule has 0 spiro atoms. The highest BCUT2D eigenvalue weighted by atomic mass is 32.2. The Morgan fingerprint density at radius 3 is 2.61 bits per heavy atom. The van der Waals surface area contributed by atoms with Crippen molar-refractivity contribution in [3.8, 4) is 5.75 Å². The smallest absolute Gasteiger partial charge is 0.535 e. The van der Waals surface area contributed by atoms with Gasteiger partial charge < -0.3 is 9.68 Å². The summed E-state index contributed by atoms with van der Waals surface area (Å²) < 4.78 is 5.55. The summed E-state index contributed by atoms with van der Waals surface area (Å²) in [5, 5.41) is 10.1. The lowest BCUT2D eigenvalue weighted by atomic mass is 9.78. The average molecular weight is 256 g/mol. The Bertz CT molecular complexity index is 532. The van der Waals surface area contributed by atoms with Gasteiger partial charge >= 0.3 is 7.12 Å². The molecule has 0 unspecified atom stereocenters.